The minimum Gasteiger partial charge on any atom is -0.490 e. The molecule has 0 radical (unpaired) electrons. The Morgan fingerprint density at radius 2 is 1.88 bits per heavy atom. The first-order chi connectivity index (χ1) is 15.8. The maximum absolute atomic E-state index is 12.9. The zero-order valence-electron chi connectivity index (χ0n) is 18.4. The molecule has 33 heavy (non-hydrogen) atoms. The van der Waals surface area contributed by atoms with Crippen molar-refractivity contribution in [2.75, 3.05) is 13.2 Å². The van der Waals surface area contributed by atoms with E-state index < -0.39 is 12.1 Å². The second kappa shape index (κ2) is 9.46. The van der Waals surface area contributed by atoms with Crippen LogP contribution in [0.3, 0.4) is 0 Å². The van der Waals surface area contributed by atoms with Crippen LogP contribution < -0.4 is 9.47 Å². The molecule has 0 spiro atoms. The summed E-state index contributed by atoms with van der Waals surface area (Å²) >= 11 is 9.94. The second-order valence-corrected chi connectivity index (χ2v) is 9.27. The molecule has 4 rings (SSSR count). The van der Waals surface area contributed by atoms with Gasteiger partial charge in [0.2, 0.25) is 0 Å². The van der Waals surface area contributed by atoms with Crippen LogP contribution in [0.4, 0.5) is 0 Å². The van der Waals surface area contributed by atoms with Gasteiger partial charge in [0.05, 0.1) is 31.3 Å². The number of halogens is 2. The number of allylic oxidation sites excluding steroid dienone is 2. The van der Waals surface area contributed by atoms with Crippen molar-refractivity contribution in [2.24, 2.45) is 28.8 Å². The summed E-state index contributed by atoms with van der Waals surface area (Å²) in [6.07, 6.45) is 5.41. The van der Waals surface area contributed by atoms with E-state index in [9.17, 15) is 14.4 Å². The molecule has 1 aromatic carbocycles. The fourth-order valence-corrected chi connectivity index (χ4v) is 5.32. The van der Waals surface area contributed by atoms with Crippen LogP contribution in [0.2, 0.25) is 5.02 Å². The van der Waals surface area contributed by atoms with Gasteiger partial charge in [-0.05, 0) is 61.0 Å². The SMILES string of the molecule is CCOC(=O)[C@H](C)Oc1c(OCC)cc(C=NN2C(=O)[C@@H]3[C@H](C2=O)[C@H]2C=C[C@H]3C2)c(Br)c1Cl. The average Bonchev–Trinajstić information content (AvgIpc) is 3.47. The van der Waals surface area contributed by atoms with Crippen molar-refractivity contribution < 1.29 is 28.6 Å². The molecule has 1 saturated heterocycles. The van der Waals surface area contributed by atoms with E-state index in [1.54, 1.807) is 26.8 Å². The van der Waals surface area contributed by atoms with Gasteiger partial charge in [-0.3, -0.25) is 9.59 Å². The Balaban J connectivity index is 1.60. The smallest absolute Gasteiger partial charge is 0.347 e. The number of hydrogen-bond acceptors (Lipinski definition) is 7. The molecule has 2 bridgehead atoms. The monoisotopic (exact) mass is 538 g/mol. The van der Waals surface area contributed by atoms with Gasteiger partial charge in [0.25, 0.3) is 11.8 Å². The topological polar surface area (TPSA) is 94.5 Å². The highest BCUT2D eigenvalue weighted by molar-refractivity contribution is 9.10. The number of carbonyl (C=O) groups excluding carboxylic acids is 3. The van der Waals surface area contributed by atoms with Gasteiger partial charge in [0.1, 0.15) is 5.02 Å². The van der Waals surface area contributed by atoms with Crippen LogP contribution in [-0.2, 0) is 19.1 Å². The highest BCUT2D eigenvalue weighted by Crippen LogP contribution is 2.52. The Kier molecular flexibility index (Phi) is 6.81. The molecule has 1 heterocycles. The fourth-order valence-electron chi connectivity index (χ4n) is 4.68. The molecule has 176 valence electrons. The van der Waals surface area contributed by atoms with Gasteiger partial charge in [-0.15, -0.1) is 0 Å². The highest BCUT2D eigenvalue weighted by Gasteiger charge is 2.59. The zero-order chi connectivity index (χ0) is 23.9. The quantitative estimate of drug-likeness (QED) is 0.215. The minimum atomic E-state index is -0.906. The van der Waals surface area contributed by atoms with Crippen LogP contribution in [-0.4, -0.2) is 48.3 Å². The van der Waals surface area contributed by atoms with E-state index in [2.05, 4.69) is 21.0 Å². The van der Waals surface area contributed by atoms with Crippen molar-refractivity contribution in [3.63, 3.8) is 0 Å². The molecule has 1 aromatic rings. The standard InChI is InChI=1S/C23H24BrClN2O6/c1-4-31-15-9-14(18(24)19(25)20(15)33-11(3)23(30)32-5-2)10-26-27-21(28)16-12-6-7-13(8-12)17(16)22(27)29/h6-7,9-13,16-17H,4-5,8H2,1-3H3/t11-,12-,13-,16-,17+/m0/s1. The summed E-state index contributed by atoms with van der Waals surface area (Å²) in [7, 11) is 0. The Hall–Kier alpha value is -2.39. The molecule has 2 amide bonds. The molecule has 1 saturated carbocycles. The number of hydrogen-bond donors (Lipinski definition) is 0. The van der Waals surface area contributed by atoms with Gasteiger partial charge in [-0.2, -0.15) is 10.1 Å². The maximum Gasteiger partial charge on any atom is 0.347 e. The summed E-state index contributed by atoms with van der Waals surface area (Å²) in [5.41, 5.74) is 0.485. The second-order valence-electron chi connectivity index (χ2n) is 8.10. The van der Waals surface area contributed by atoms with Gasteiger partial charge in [-0.25, -0.2) is 4.79 Å². The van der Waals surface area contributed by atoms with Gasteiger partial charge in [0, 0.05) is 10.0 Å². The number of hydrazone groups is 1. The molecule has 3 aliphatic rings. The third-order valence-corrected chi connectivity index (χ3v) is 7.57. The van der Waals surface area contributed by atoms with Gasteiger partial charge in [-0.1, -0.05) is 23.8 Å². The lowest BCUT2D eigenvalue weighted by atomic mass is 9.85. The normalized spacial score (nSPS) is 26.3. The molecule has 2 fully saturated rings. The molecule has 8 nitrogen and oxygen atoms in total. The van der Waals surface area contributed by atoms with Crippen LogP contribution >= 0.6 is 27.5 Å². The highest BCUT2D eigenvalue weighted by atomic mass is 79.9. The average molecular weight is 540 g/mol. The summed E-state index contributed by atoms with van der Waals surface area (Å²) < 4.78 is 16.8. The molecule has 1 aliphatic heterocycles. The van der Waals surface area contributed by atoms with E-state index >= 15 is 0 Å². The van der Waals surface area contributed by atoms with Crippen molar-refractivity contribution in [1.82, 2.24) is 5.01 Å². The summed E-state index contributed by atoms with van der Waals surface area (Å²) in [4.78, 5) is 37.7. The number of imide groups is 1. The van der Waals surface area contributed by atoms with E-state index in [0.29, 0.717) is 22.4 Å². The fraction of sp³-hybridized carbons (Fsp3) is 0.478. The van der Waals surface area contributed by atoms with Gasteiger partial charge in [0.15, 0.2) is 17.6 Å². The Morgan fingerprint density at radius 3 is 2.45 bits per heavy atom. The zero-order valence-corrected chi connectivity index (χ0v) is 20.8. The Labute approximate surface area is 205 Å². The lowest BCUT2D eigenvalue weighted by Crippen LogP contribution is -2.28. The third kappa shape index (κ3) is 4.17. The van der Waals surface area contributed by atoms with Gasteiger partial charge < -0.3 is 14.2 Å². The number of ether oxygens (including phenoxy) is 3. The van der Waals surface area contributed by atoms with E-state index in [-0.39, 0.29) is 52.9 Å². The first-order valence-electron chi connectivity index (χ1n) is 10.9. The molecule has 0 N–H and O–H groups in total. The van der Waals surface area contributed by atoms with Crippen molar-refractivity contribution in [3.8, 4) is 11.5 Å². The first-order valence-corrected chi connectivity index (χ1v) is 12.0. The number of rotatable bonds is 8. The lowest BCUT2D eigenvalue weighted by molar-refractivity contribution is -0.150. The first kappa shape index (κ1) is 23.8. The molecule has 2 aliphatic carbocycles. The summed E-state index contributed by atoms with van der Waals surface area (Å²) in [5.74, 6) is -1.03. The van der Waals surface area contributed by atoms with Crippen LogP contribution in [0.25, 0.3) is 0 Å². The lowest BCUT2D eigenvalue weighted by Gasteiger charge is -2.19. The minimum absolute atomic E-state index is 0.111. The predicted octanol–water partition coefficient (Wildman–Crippen LogP) is 3.97. The van der Waals surface area contributed by atoms with Crippen LogP contribution in [0, 0.1) is 23.7 Å². The number of esters is 1. The maximum atomic E-state index is 12.9. The van der Waals surface area contributed by atoms with Crippen molar-refractivity contribution in [2.45, 2.75) is 33.3 Å². The number of amides is 2. The van der Waals surface area contributed by atoms with Crippen LogP contribution in [0.15, 0.2) is 27.8 Å². The number of carbonyl (C=O) groups is 3. The van der Waals surface area contributed by atoms with E-state index in [1.807, 2.05) is 12.2 Å². The van der Waals surface area contributed by atoms with E-state index in [1.165, 1.54) is 6.21 Å². The Bertz CT molecular complexity index is 1030. The molecule has 5 atom stereocenters. The van der Waals surface area contributed by atoms with Crippen LogP contribution in [0.1, 0.15) is 32.8 Å². The van der Waals surface area contributed by atoms with E-state index in [4.69, 9.17) is 25.8 Å². The predicted molar refractivity (Wildman–Crippen MR) is 124 cm³/mol. The van der Waals surface area contributed by atoms with Crippen molar-refractivity contribution in [1.29, 1.82) is 0 Å². The number of benzene rings is 1. The molecule has 0 aromatic heterocycles. The third-order valence-electron chi connectivity index (χ3n) is 6.13. The Morgan fingerprint density at radius 1 is 1.24 bits per heavy atom. The number of fused-ring (bicyclic) bond motifs is 5. The van der Waals surface area contributed by atoms with Crippen LogP contribution in [0.5, 0.6) is 11.5 Å². The molecular formula is C23H24BrClN2O6. The van der Waals surface area contributed by atoms with Crippen molar-refractivity contribution in [3.05, 3.63) is 33.3 Å². The molecule has 0 unspecified atom stereocenters. The summed E-state index contributed by atoms with van der Waals surface area (Å²) in [6.45, 7) is 5.60. The molecular weight excluding hydrogens is 516 g/mol. The summed E-state index contributed by atoms with van der Waals surface area (Å²) in [6, 6.07) is 1.62. The van der Waals surface area contributed by atoms with Crippen molar-refractivity contribution >= 4 is 51.5 Å². The molecule has 10 heteroatoms. The van der Waals surface area contributed by atoms with E-state index in [0.717, 1.165) is 11.4 Å². The largest absolute Gasteiger partial charge is 0.490 e. The number of nitrogens with zero attached hydrogens (tertiary/aromatic N) is 2. The van der Waals surface area contributed by atoms with Gasteiger partial charge >= 0.3 is 5.97 Å². The summed E-state index contributed by atoms with van der Waals surface area (Å²) in [5, 5.41) is 5.33.